The number of phenolic OH excluding ortho intramolecular Hbond substituents is 1. The van der Waals surface area contributed by atoms with Crippen LogP contribution in [-0.2, 0) is 4.79 Å². The zero-order valence-electron chi connectivity index (χ0n) is 18.5. The molecule has 0 atom stereocenters. The van der Waals surface area contributed by atoms with Crippen LogP contribution in [0.5, 0.6) is 5.75 Å². The summed E-state index contributed by atoms with van der Waals surface area (Å²) in [6.07, 6.45) is 21.8. The number of aromatic hydroxyl groups is 1. The van der Waals surface area contributed by atoms with Crippen molar-refractivity contribution >= 4 is 12.1 Å². The summed E-state index contributed by atoms with van der Waals surface area (Å²) >= 11 is 0. The summed E-state index contributed by atoms with van der Waals surface area (Å²) in [6.45, 7) is 2.27. The van der Waals surface area contributed by atoms with Crippen molar-refractivity contribution in [2.24, 2.45) is 5.10 Å². The van der Waals surface area contributed by atoms with Crippen molar-refractivity contribution in [2.75, 3.05) is 0 Å². The third kappa shape index (κ3) is 14.8. The highest BCUT2D eigenvalue weighted by Gasteiger charge is 2.00. The summed E-state index contributed by atoms with van der Waals surface area (Å²) in [6, 6.07) is 6.92. The van der Waals surface area contributed by atoms with Crippen LogP contribution >= 0.6 is 0 Å². The molecule has 0 unspecified atom stereocenters. The largest absolute Gasteiger partial charge is 0.507 e. The van der Waals surface area contributed by atoms with E-state index in [1.54, 1.807) is 18.2 Å². The Kier molecular flexibility index (Phi) is 15.8. The highest BCUT2D eigenvalue weighted by molar-refractivity contribution is 5.84. The van der Waals surface area contributed by atoms with E-state index in [9.17, 15) is 9.90 Å². The lowest BCUT2D eigenvalue weighted by molar-refractivity contribution is -0.121. The van der Waals surface area contributed by atoms with E-state index in [1.807, 2.05) is 6.07 Å². The van der Waals surface area contributed by atoms with Gasteiger partial charge in [0.15, 0.2) is 0 Å². The minimum atomic E-state index is -0.0636. The molecule has 0 aliphatic heterocycles. The minimum Gasteiger partial charge on any atom is -0.507 e. The van der Waals surface area contributed by atoms with Crippen molar-refractivity contribution in [3.05, 3.63) is 29.8 Å². The van der Waals surface area contributed by atoms with E-state index in [-0.39, 0.29) is 11.7 Å². The number of hydrogen-bond donors (Lipinski definition) is 2. The molecule has 0 fully saturated rings. The number of nitrogens with zero attached hydrogens (tertiary/aromatic N) is 1. The van der Waals surface area contributed by atoms with E-state index >= 15 is 0 Å². The fourth-order valence-electron chi connectivity index (χ4n) is 3.48. The van der Waals surface area contributed by atoms with E-state index in [0.29, 0.717) is 12.0 Å². The Morgan fingerprint density at radius 2 is 1.31 bits per heavy atom. The zero-order valence-corrected chi connectivity index (χ0v) is 18.5. The quantitative estimate of drug-likeness (QED) is 0.156. The van der Waals surface area contributed by atoms with Crippen LogP contribution in [0.1, 0.15) is 115 Å². The number of hydrogen-bond acceptors (Lipinski definition) is 3. The molecular weight excluding hydrogens is 360 g/mol. The second kappa shape index (κ2) is 18.2. The summed E-state index contributed by atoms with van der Waals surface area (Å²) in [5.74, 6) is 0.0965. The number of carbonyl (C=O) groups is 1. The fourth-order valence-corrected chi connectivity index (χ4v) is 3.48. The van der Waals surface area contributed by atoms with Crippen molar-refractivity contribution in [2.45, 2.75) is 110 Å². The van der Waals surface area contributed by atoms with Gasteiger partial charge in [0.25, 0.3) is 0 Å². The van der Waals surface area contributed by atoms with E-state index in [4.69, 9.17) is 0 Å². The summed E-state index contributed by atoms with van der Waals surface area (Å²) in [5.41, 5.74) is 3.12. The van der Waals surface area contributed by atoms with Crippen molar-refractivity contribution < 1.29 is 9.90 Å². The van der Waals surface area contributed by atoms with E-state index in [2.05, 4.69) is 17.5 Å². The standard InChI is InChI=1S/C25H42N2O2/c1-2-3-4-5-6-7-8-9-10-11-12-13-14-15-16-21-25(29)27-26-22-23-19-17-18-20-24(23)28/h17-20,22,28H,2-16,21H2,1H3,(H,27,29)/b26-22+. The van der Waals surface area contributed by atoms with Gasteiger partial charge in [0.05, 0.1) is 6.21 Å². The lowest BCUT2D eigenvalue weighted by atomic mass is 10.0. The molecular formula is C25H42N2O2. The molecule has 1 rings (SSSR count). The fraction of sp³-hybridized carbons (Fsp3) is 0.680. The molecule has 0 bridgehead atoms. The Labute approximate surface area is 178 Å². The van der Waals surface area contributed by atoms with Crippen LogP contribution in [0.25, 0.3) is 0 Å². The van der Waals surface area contributed by atoms with Crippen LogP contribution in [0.3, 0.4) is 0 Å². The number of hydrazone groups is 1. The maximum atomic E-state index is 11.8. The molecule has 0 radical (unpaired) electrons. The predicted molar refractivity (Wildman–Crippen MR) is 123 cm³/mol. The molecule has 4 heteroatoms. The SMILES string of the molecule is CCCCCCCCCCCCCCCCCC(=O)N/N=C/c1ccccc1O. The van der Waals surface area contributed by atoms with Crippen molar-refractivity contribution in [1.82, 2.24) is 5.43 Å². The molecule has 0 spiro atoms. The number of nitrogens with one attached hydrogen (secondary N) is 1. The van der Waals surface area contributed by atoms with Crippen LogP contribution < -0.4 is 5.43 Å². The first-order chi connectivity index (χ1) is 14.2. The van der Waals surface area contributed by atoms with E-state index < -0.39 is 0 Å². The second-order valence-corrected chi connectivity index (χ2v) is 8.05. The molecule has 1 aromatic carbocycles. The normalized spacial score (nSPS) is 11.2. The Bertz CT molecular complexity index is 558. The van der Waals surface area contributed by atoms with Crippen LogP contribution in [0.2, 0.25) is 0 Å². The topological polar surface area (TPSA) is 61.7 Å². The number of carbonyl (C=O) groups excluding carboxylic acids is 1. The molecule has 0 saturated heterocycles. The van der Waals surface area contributed by atoms with Gasteiger partial charge in [-0.1, -0.05) is 109 Å². The monoisotopic (exact) mass is 402 g/mol. The maximum Gasteiger partial charge on any atom is 0.240 e. The first kappa shape index (κ1) is 25.2. The number of rotatable bonds is 18. The highest BCUT2D eigenvalue weighted by atomic mass is 16.3. The molecule has 1 amide bonds. The van der Waals surface area contributed by atoms with Gasteiger partial charge in [-0.25, -0.2) is 5.43 Å². The minimum absolute atomic E-state index is 0.0636. The van der Waals surface area contributed by atoms with Gasteiger partial charge in [0.2, 0.25) is 5.91 Å². The summed E-state index contributed by atoms with van der Waals surface area (Å²) < 4.78 is 0. The van der Waals surface area contributed by atoms with Gasteiger partial charge in [0.1, 0.15) is 5.75 Å². The van der Waals surface area contributed by atoms with Crippen molar-refractivity contribution in [3.8, 4) is 5.75 Å². The Hall–Kier alpha value is -1.84. The van der Waals surface area contributed by atoms with Gasteiger partial charge in [-0.2, -0.15) is 5.10 Å². The van der Waals surface area contributed by atoms with Crippen LogP contribution in [0, 0.1) is 0 Å². The summed E-state index contributed by atoms with van der Waals surface area (Å²) in [4.78, 5) is 11.8. The smallest absolute Gasteiger partial charge is 0.240 e. The van der Waals surface area contributed by atoms with Gasteiger partial charge in [-0.15, -0.1) is 0 Å². The molecule has 4 nitrogen and oxygen atoms in total. The number of phenols is 1. The van der Waals surface area contributed by atoms with Gasteiger partial charge >= 0.3 is 0 Å². The highest BCUT2D eigenvalue weighted by Crippen LogP contribution is 2.14. The number of para-hydroxylation sites is 1. The molecule has 0 aliphatic rings. The first-order valence-corrected chi connectivity index (χ1v) is 11.8. The Morgan fingerprint density at radius 1 is 0.828 bits per heavy atom. The van der Waals surface area contributed by atoms with E-state index in [1.165, 1.54) is 89.7 Å². The second-order valence-electron chi connectivity index (χ2n) is 8.05. The molecule has 0 heterocycles. The summed E-state index contributed by atoms with van der Waals surface area (Å²) in [5, 5.41) is 13.5. The molecule has 164 valence electrons. The van der Waals surface area contributed by atoms with E-state index in [0.717, 1.165) is 12.8 Å². The molecule has 2 N–H and O–H groups in total. The Balaban J connectivity index is 1.85. The number of amides is 1. The molecule has 0 aromatic heterocycles. The predicted octanol–water partition coefficient (Wildman–Crippen LogP) is 7.10. The van der Waals surface area contributed by atoms with Crippen LogP contribution in [-0.4, -0.2) is 17.2 Å². The lowest BCUT2D eigenvalue weighted by Gasteiger charge is -2.03. The van der Waals surface area contributed by atoms with Gasteiger partial charge < -0.3 is 5.11 Å². The number of unbranched alkanes of at least 4 members (excludes halogenated alkanes) is 14. The molecule has 29 heavy (non-hydrogen) atoms. The van der Waals surface area contributed by atoms with Crippen LogP contribution in [0.4, 0.5) is 0 Å². The molecule has 0 aliphatic carbocycles. The van der Waals surface area contributed by atoms with Gasteiger partial charge in [0, 0.05) is 12.0 Å². The number of benzene rings is 1. The van der Waals surface area contributed by atoms with Crippen molar-refractivity contribution in [3.63, 3.8) is 0 Å². The Morgan fingerprint density at radius 3 is 1.83 bits per heavy atom. The maximum absolute atomic E-state index is 11.8. The van der Waals surface area contributed by atoms with Gasteiger partial charge in [-0.05, 0) is 18.6 Å². The lowest BCUT2D eigenvalue weighted by Crippen LogP contribution is -2.16. The van der Waals surface area contributed by atoms with Gasteiger partial charge in [-0.3, -0.25) is 4.79 Å². The molecule has 0 saturated carbocycles. The average Bonchev–Trinajstić information content (AvgIpc) is 2.72. The summed E-state index contributed by atoms with van der Waals surface area (Å²) in [7, 11) is 0. The molecule has 1 aromatic rings. The average molecular weight is 403 g/mol. The first-order valence-electron chi connectivity index (χ1n) is 11.8. The zero-order chi connectivity index (χ0) is 21.0. The van der Waals surface area contributed by atoms with Crippen molar-refractivity contribution in [1.29, 1.82) is 0 Å². The van der Waals surface area contributed by atoms with Crippen LogP contribution in [0.15, 0.2) is 29.4 Å². The third-order valence-corrected chi connectivity index (χ3v) is 5.34. The third-order valence-electron chi connectivity index (χ3n) is 5.34.